The largest absolute Gasteiger partial charge is 0.350 e. The Labute approximate surface area is 126 Å². The molecule has 0 amide bonds. The number of piperidine rings is 1. The number of fused-ring (bicyclic) bond motifs is 2. The van der Waals surface area contributed by atoms with Gasteiger partial charge in [-0.15, -0.1) is 0 Å². The minimum Gasteiger partial charge on any atom is -0.350 e. The molecule has 2 aromatic rings. The van der Waals surface area contributed by atoms with E-state index in [0.717, 1.165) is 18.9 Å². The van der Waals surface area contributed by atoms with Crippen LogP contribution < -0.4 is 5.73 Å². The van der Waals surface area contributed by atoms with Gasteiger partial charge < -0.3 is 15.2 Å². The van der Waals surface area contributed by atoms with Crippen LogP contribution in [-0.4, -0.2) is 35.6 Å². The summed E-state index contributed by atoms with van der Waals surface area (Å²) >= 11 is 0. The van der Waals surface area contributed by atoms with Crippen LogP contribution in [0.4, 0.5) is 0 Å². The first kappa shape index (κ1) is 13.4. The molecule has 0 radical (unpaired) electrons. The third-order valence-corrected chi connectivity index (χ3v) is 5.69. The average Bonchev–Trinajstić information content (AvgIpc) is 2.79. The second-order valence-electron chi connectivity index (χ2n) is 7.00. The highest BCUT2D eigenvalue weighted by Gasteiger charge is 2.39. The van der Waals surface area contributed by atoms with Crippen molar-refractivity contribution in [1.82, 2.24) is 9.47 Å². The lowest BCUT2D eigenvalue weighted by molar-refractivity contribution is 0.109. The number of nitrogens with two attached hydrogens (primary N) is 1. The van der Waals surface area contributed by atoms with Crippen molar-refractivity contribution in [1.29, 1.82) is 0 Å². The van der Waals surface area contributed by atoms with Crippen molar-refractivity contribution in [2.24, 2.45) is 18.7 Å². The second kappa shape index (κ2) is 4.85. The summed E-state index contributed by atoms with van der Waals surface area (Å²) in [5, 5.41) is 1.53. The lowest BCUT2D eigenvalue weighted by atomic mass is 9.72. The predicted octanol–water partition coefficient (Wildman–Crippen LogP) is 2.49. The minimum absolute atomic E-state index is 0.666. The van der Waals surface area contributed by atoms with Crippen molar-refractivity contribution in [2.45, 2.75) is 31.2 Å². The van der Waals surface area contributed by atoms with E-state index in [1.165, 1.54) is 35.9 Å². The molecule has 1 aromatic carbocycles. The maximum Gasteiger partial charge on any atom is 0.0483 e. The molecule has 3 heteroatoms. The molecule has 1 aliphatic carbocycles. The zero-order chi connectivity index (χ0) is 14.6. The topological polar surface area (TPSA) is 34.2 Å². The molecule has 2 N–H and O–H groups in total. The van der Waals surface area contributed by atoms with Gasteiger partial charge in [-0.2, -0.15) is 0 Å². The van der Waals surface area contributed by atoms with Gasteiger partial charge in [-0.05, 0) is 56.0 Å². The zero-order valence-corrected chi connectivity index (χ0v) is 13.0. The van der Waals surface area contributed by atoms with Crippen LogP contribution in [0.1, 0.15) is 29.9 Å². The predicted molar refractivity (Wildman–Crippen MR) is 87.6 cm³/mol. The molecule has 0 unspecified atom stereocenters. The quantitative estimate of drug-likeness (QED) is 0.919. The third-order valence-electron chi connectivity index (χ3n) is 5.69. The van der Waals surface area contributed by atoms with E-state index in [9.17, 15) is 0 Å². The summed E-state index contributed by atoms with van der Waals surface area (Å²) < 4.78 is 2.29. The molecule has 112 valence electrons. The number of benzene rings is 1. The first-order valence-corrected chi connectivity index (χ1v) is 8.16. The Morgan fingerprint density at radius 1 is 1.29 bits per heavy atom. The number of nitrogens with zero attached hydrogens (tertiary/aromatic N) is 2. The van der Waals surface area contributed by atoms with E-state index < -0.39 is 0 Å². The fourth-order valence-electron chi connectivity index (χ4n) is 4.78. The number of aromatic nitrogens is 1. The maximum absolute atomic E-state index is 5.81. The Morgan fingerprint density at radius 2 is 2.14 bits per heavy atom. The molecule has 1 aromatic heterocycles. The number of rotatable bonds is 2. The van der Waals surface area contributed by atoms with Gasteiger partial charge in [0.25, 0.3) is 0 Å². The molecule has 2 heterocycles. The fourth-order valence-corrected chi connectivity index (χ4v) is 4.78. The molecule has 3 atom stereocenters. The Bertz CT molecular complexity index is 672. The molecule has 2 aliphatic rings. The highest BCUT2D eigenvalue weighted by Crippen LogP contribution is 2.45. The first-order chi connectivity index (χ1) is 10.2. The van der Waals surface area contributed by atoms with Crippen LogP contribution in [0.3, 0.4) is 0 Å². The van der Waals surface area contributed by atoms with Crippen molar-refractivity contribution in [3.63, 3.8) is 0 Å². The van der Waals surface area contributed by atoms with E-state index in [2.05, 4.69) is 48.0 Å². The van der Waals surface area contributed by atoms with Crippen LogP contribution in [0.5, 0.6) is 0 Å². The van der Waals surface area contributed by atoms with E-state index >= 15 is 0 Å². The van der Waals surface area contributed by atoms with Gasteiger partial charge in [0, 0.05) is 42.7 Å². The van der Waals surface area contributed by atoms with Crippen molar-refractivity contribution in [3.8, 4) is 0 Å². The van der Waals surface area contributed by atoms with Crippen LogP contribution in [0.2, 0.25) is 0 Å². The van der Waals surface area contributed by atoms with E-state index in [0.29, 0.717) is 12.0 Å². The van der Waals surface area contributed by atoms with Gasteiger partial charge in [-0.1, -0.05) is 12.1 Å². The van der Waals surface area contributed by atoms with Gasteiger partial charge in [0.15, 0.2) is 0 Å². The summed E-state index contributed by atoms with van der Waals surface area (Å²) in [6.45, 7) is 2.02. The zero-order valence-electron chi connectivity index (χ0n) is 13.0. The van der Waals surface area contributed by atoms with Gasteiger partial charge in [-0.3, -0.25) is 0 Å². The molecule has 0 saturated carbocycles. The van der Waals surface area contributed by atoms with Crippen LogP contribution in [0, 0.1) is 5.92 Å². The Morgan fingerprint density at radius 3 is 2.95 bits per heavy atom. The number of likely N-dealkylation sites (N-methyl/N-ethyl adjacent to an activating group) is 1. The Kier molecular flexibility index (Phi) is 3.09. The average molecular weight is 283 g/mol. The molecule has 3 nitrogen and oxygen atoms in total. The summed E-state index contributed by atoms with van der Waals surface area (Å²) in [6, 6.07) is 7.52. The molecule has 21 heavy (non-hydrogen) atoms. The van der Waals surface area contributed by atoms with E-state index in [4.69, 9.17) is 5.73 Å². The lowest BCUT2D eigenvalue weighted by Gasteiger charge is -2.45. The monoisotopic (exact) mass is 283 g/mol. The second-order valence-corrected chi connectivity index (χ2v) is 7.00. The third kappa shape index (κ3) is 1.95. The molecule has 1 saturated heterocycles. The van der Waals surface area contributed by atoms with Gasteiger partial charge in [0.2, 0.25) is 0 Å². The smallest absolute Gasteiger partial charge is 0.0483 e. The lowest BCUT2D eigenvalue weighted by Crippen LogP contribution is -2.48. The van der Waals surface area contributed by atoms with Gasteiger partial charge in [0.1, 0.15) is 0 Å². The molecular formula is C18H25N3. The Hall–Kier alpha value is -1.32. The van der Waals surface area contributed by atoms with Crippen LogP contribution >= 0.6 is 0 Å². The normalized spacial score (nSPS) is 28.8. The molecule has 1 aliphatic heterocycles. The number of hydrogen-bond donors (Lipinski definition) is 1. The Balaban J connectivity index is 1.82. The summed E-state index contributed by atoms with van der Waals surface area (Å²) in [6.07, 6.45) is 6.00. The van der Waals surface area contributed by atoms with Gasteiger partial charge in [-0.25, -0.2) is 0 Å². The van der Waals surface area contributed by atoms with Crippen molar-refractivity contribution in [2.75, 3.05) is 20.1 Å². The van der Waals surface area contributed by atoms with Crippen LogP contribution in [0.15, 0.2) is 24.4 Å². The van der Waals surface area contributed by atoms with Crippen molar-refractivity contribution in [3.05, 3.63) is 35.5 Å². The van der Waals surface area contributed by atoms with Crippen LogP contribution in [-0.2, 0) is 13.5 Å². The first-order valence-electron chi connectivity index (χ1n) is 8.16. The van der Waals surface area contributed by atoms with Gasteiger partial charge >= 0.3 is 0 Å². The maximum atomic E-state index is 5.81. The molecule has 1 fully saturated rings. The van der Waals surface area contributed by atoms with E-state index in [1.807, 2.05) is 0 Å². The minimum atomic E-state index is 0.666. The van der Waals surface area contributed by atoms with E-state index in [1.54, 1.807) is 5.56 Å². The van der Waals surface area contributed by atoms with Crippen LogP contribution in [0.25, 0.3) is 10.9 Å². The molecule has 4 rings (SSSR count). The van der Waals surface area contributed by atoms with E-state index in [-0.39, 0.29) is 0 Å². The molecular weight excluding hydrogens is 258 g/mol. The van der Waals surface area contributed by atoms with Crippen molar-refractivity contribution >= 4 is 10.9 Å². The standard InChI is InChI=1S/C18H25N3/c1-20-10-12(6-7-19)8-15-14-4-3-5-16-18(14)13(9-17(15)20)11-21(16)2/h3-5,11-12,15,17H,6-10,19H2,1-2H3/t12-,15-,17-/m1/s1. The number of likely N-dealkylation sites (tertiary alicyclic amines) is 1. The van der Waals surface area contributed by atoms with Crippen molar-refractivity contribution < 1.29 is 0 Å². The highest BCUT2D eigenvalue weighted by molar-refractivity contribution is 5.89. The number of aryl methyl sites for hydroxylation is 1. The highest BCUT2D eigenvalue weighted by atomic mass is 15.1. The summed E-state index contributed by atoms with van der Waals surface area (Å²) in [4.78, 5) is 2.59. The number of hydrogen-bond acceptors (Lipinski definition) is 2. The van der Waals surface area contributed by atoms with Gasteiger partial charge in [0.05, 0.1) is 0 Å². The summed E-state index contributed by atoms with van der Waals surface area (Å²) in [5.74, 6) is 1.43. The molecule has 0 spiro atoms. The fraction of sp³-hybridized carbons (Fsp3) is 0.556. The molecule has 0 bridgehead atoms. The summed E-state index contributed by atoms with van der Waals surface area (Å²) in [5.41, 5.74) is 10.3. The summed E-state index contributed by atoms with van der Waals surface area (Å²) in [7, 11) is 4.47. The SMILES string of the molecule is CN1C[C@H](CCN)C[C@@H]2c3cccc4c3c(cn4C)C[C@H]21.